The van der Waals surface area contributed by atoms with Crippen LogP contribution in [0.4, 0.5) is 11.5 Å². The summed E-state index contributed by atoms with van der Waals surface area (Å²) in [6.07, 6.45) is 6.03. The van der Waals surface area contributed by atoms with Gasteiger partial charge in [-0.15, -0.1) is 0 Å². The van der Waals surface area contributed by atoms with Crippen LogP contribution in [0.15, 0.2) is 77.8 Å². The SMILES string of the molecule is CCN1Cc2cc(-c3cnc(N(Cc4ccc(OC)cc4)Cc4ccc(OC)cc4)c(Cl)c3N3CCC4(CCCC4=O)CC3)ccc2S1(=O)=O. The Morgan fingerprint density at radius 3 is 2.06 bits per heavy atom. The molecule has 11 heteroatoms. The Morgan fingerprint density at radius 2 is 1.52 bits per heavy atom. The van der Waals surface area contributed by atoms with Crippen LogP contribution >= 0.6 is 11.6 Å². The standard InChI is InChI=1S/C39H43ClN4O5S/c1-4-44-26-30-22-29(11-16-34(30)50(44,46)47)33-23-41-38(36(40)37(33)42-20-18-39(19-21-42)17-5-6-35(39)45)43(24-27-7-12-31(48-2)13-8-27)25-28-9-14-32(49-3)15-10-28/h7-16,22-23H,4-6,17-21,24-26H2,1-3H3. The highest BCUT2D eigenvalue weighted by Gasteiger charge is 2.44. The van der Waals surface area contributed by atoms with E-state index in [1.165, 1.54) is 4.31 Å². The van der Waals surface area contributed by atoms with Crippen molar-refractivity contribution >= 4 is 38.9 Å². The lowest BCUT2D eigenvalue weighted by Gasteiger charge is -2.40. The number of fused-ring (bicyclic) bond motifs is 1. The number of hydrogen-bond acceptors (Lipinski definition) is 8. The first-order valence-electron chi connectivity index (χ1n) is 17.3. The van der Waals surface area contributed by atoms with Gasteiger partial charge in [-0.3, -0.25) is 4.79 Å². The van der Waals surface area contributed by atoms with Crippen molar-refractivity contribution in [2.75, 3.05) is 43.7 Å². The molecule has 0 N–H and O–H groups in total. The summed E-state index contributed by atoms with van der Waals surface area (Å²) in [5.74, 6) is 2.61. The summed E-state index contributed by atoms with van der Waals surface area (Å²) in [4.78, 5) is 22.9. The third kappa shape index (κ3) is 6.33. The van der Waals surface area contributed by atoms with Crippen molar-refractivity contribution in [3.63, 3.8) is 0 Å². The fraction of sp³-hybridized carbons (Fsp3) is 0.385. The van der Waals surface area contributed by atoms with Gasteiger partial charge in [-0.2, -0.15) is 4.31 Å². The van der Waals surface area contributed by atoms with Crippen LogP contribution in [0.5, 0.6) is 11.5 Å². The number of benzene rings is 3. The second-order valence-electron chi connectivity index (χ2n) is 13.5. The average molecular weight is 715 g/mol. The first kappa shape index (κ1) is 34.3. The summed E-state index contributed by atoms with van der Waals surface area (Å²) in [7, 11) is -0.201. The number of aromatic nitrogens is 1. The highest BCUT2D eigenvalue weighted by molar-refractivity contribution is 7.89. The lowest BCUT2D eigenvalue weighted by Crippen LogP contribution is -2.42. The molecule has 1 aliphatic carbocycles. The fourth-order valence-corrected chi connectivity index (χ4v) is 9.83. The third-order valence-electron chi connectivity index (χ3n) is 10.7. The molecule has 1 saturated carbocycles. The van der Waals surface area contributed by atoms with Crippen molar-refractivity contribution in [2.24, 2.45) is 5.41 Å². The maximum atomic E-state index is 13.1. The van der Waals surface area contributed by atoms with Gasteiger partial charge in [0.25, 0.3) is 0 Å². The summed E-state index contributed by atoms with van der Waals surface area (Å²) >= 11 is 7.55. The Kier molecular flexibility index (Phi) is 9.54. The predicted octanol–water partition coefficient (Wildman–Crippen LogP) is 7.49. The van der Waals surface area contributed by atoms with Crippen LogP contribution in [0, 0.1) is 5.41 Å². The molecular weight excluding hydrogens is 672 g/mol. The van der Waals surface area contributed by atoms with Gasteiger partial charge >= 0.3 is 0 Å². The molecule has 3 aromatic carbocycles. The summed E-state index contributed by atoms with van der Waals surface area (Å²) in [5, 5.41) is 0.529. The van der Waals surface area contributed by atoms with Gasteiger partial charge in [0.2, 0.25) is 10.0 Å². The summed E-state index contributed by atoms with van der Waals surface area (Å²) in [5.41, 5.74) is 5.24. The quantitative estimate of drug-likeness (QED) is 0.167. The Bertz CT molecular complexity index is 1940. The molecule has 262 valence electrons. The molecule has 3 heterocycles. The Morgan fingerprint density at radius 1 is 0.900 bits per heavy atom. The highest BCUT2D eigenvalue weighted by atomic mass is 35.5. The van der Waals surface area contributed by atoms with Crippen LogP contribution in [0.1, 0.15) is 55.7 Å². The largest absolute Gasteiger partial charge is 0.497 e. The highest BCUT2D eigenvalue weighted by Crippen LogP contribution is 2.48. The minimum Gasteiger partial charge on any atom is -0.497 e. The Balaban J connectivity index is 1.32. The zero-order chi connectivity index (χ0) is 35.0. The van der Waals surface area contributed by atoms with Gasteiger partial charge in [0.15, 0.2) is 0 Å². The maximum Gasteiger partial charge on any atom is 0.243 e. The van der Waals surface area contributed by atoms with E-state index in [0.29, 0.717) is 67.2 Å². The van der Waals surface area contributed by atoms with Crippen molar-refractivity contribution in [3.8, 4) is 22.6 Å². The van der Waals surface area contributed by atoms with E-state index in [4.69, 9.17) is 26.1 Å². The molecule has 50 heavy (non-hydrogen) atoms. The van der Waals surface area contributed by atoms with Crippen molar-refractivity contribution in [2.45, 2.75) is 63.6 Å². The van der Waals surface area contributed by atoms with E-state index >= 15 is 0 Å². The Labute approximate surface area is 299 Å². The van der Waals surface area contributed by atoms with E-state index in [2.05, 4.69) is 9.80 Å². The van der Waals surface area contributed by atoms with E-state index in [-0.39, 0.29) is 5.41 Å². The number of carbonyl (C=O) groups excluding carboxylic acids is 1. The van der Waals surface area contributed by atoms with Crippen molar-refractivity contribution in [1.29, 1.82) is 0 Å². The molecule has 7 rings (SSSR count). The average Bonchev–Trinajstić information content (AvgIpc) is 3.62. The van der Waals surface area contributed by atoms with Crippen molar-refractivity contribution in [3.05, 3.63) is 94.6 Å². The number of sulfonamides is 1. The van der Waals surface area contributed by atoms with Gasteiger partial charge in [0.05, 0.1) is 24.8 Å². The summed E-state index contributed by atoms with van der Waals surface area (Å²) in [6.45, 7) is 5.08. The Hall–Kier alpha value is -4.12. The number of halogens is 1. The molecule has 0 bridgehead atoms. The van der Waals surface area contributed by atoms with Crippen LogP contribution in [0.2, 0.25) is 5.02 Å². The number of ether oxygens (including phenoxy) is 2. The van der Waals surface area contributed by atoms with E-state index in [1.54, 1.807) is 20.3 Å². The molecule has 1 saturated heterocycles. The maximum absolute atomic E-state index is 13.1. The monoisotopic (exact) mass is 714 g/mol. The third-order valence-corrected chi connectivity index (χ3v) is 13.1. The molecule has 0 amide bonds. The normalized spacial score (nSPS) is 18.0. The number of Topliss-reactive ketones (excluding diaryl/α,β-unsaturated/α-hetero) is 1. The fourth-order valence-electron chi connectivity index (χ4n) is 7.81. The summed E-state index contributed by atoms with van der Waals surface area (Å²) < 4.78 is 38.5. The number of anilines is 2. The van der Waals surface area contributed by atoms with Gasteiger partial charge < -0.3 is 19.3 Å². The molecule has 4 aromatic rings. The van der Waals surface area contributed by atoms with Crippen molar-refractivity contribution in [1.82, 2.24) is 9.29 Å². The van der Waals surface area contributed by atoms with Gasteiger partial charge in [0.1, 0.15) is 28.1 Å². The van der Waals surface area contributed by atoms with E-state index < -0.39 is 10.0 Å². The van der Waals surface area contributed by atoms with Crippen LogP contribution in [0.3, 0.4) is 0 Å². The molecule has 9 nitrogen and oxygen atoms in total. The number of nitrogens with zero attached hydrogens (tertiary/aromatic N) is 4. The number of hydrogen-bond donors (Lipinski definition) is 0. The molecule has 2 fully saturated rings. The van der Waals surface area contributed by atoms with Crippen LogP contribution < -0.4 is 19.3 Å². The minimum absolute atomic E-state index is 0.237. The first-order chi connectivity index (χ1) is 24.2. The van der Waals surface area contributed by atoms with Gasteiger partial charge in [0, 0.05) is 62.9 Å². The van der Waals surface area contributed by atoms with Gasteiger partial charge in [-0.05, 0) is 84.3 Å². The number of rotatable bonds is 10. The molecule has 1 spiro atoms. The number of methoxy groups -OCH3 is 2. The molecule has 0 atom stereocenters. The molecule has 0 unspecified atom stereocenters. The van der Waals surface area contributed by atoms with E-state index in [9.17, 15) is 13.2 Å². The molecule has 0 radical (unpaired) electrons. The molecule has 2 aliphatic heterocycles. The zero-order valence-corrected chi connectivity index (χ0v) is 30.4. The lowest BCUT2D eigenvalue weighted by atomic mass is 9.76. The second-order valence-corrected chi connectivity index (χ2v) is 15.8. The number of pyridine rings is 1. The molecular formula is C39H43ClN4O5S. The number of piperidine rings is 1. The minimum atomic E-state index is -3.51. The molecule has 1 aromatic heterocycles. The van der Waals surface area contributed by atoms with Crippen LogP contribution in [-0.4, -0.2) is 57.3 Å². The lowest BCUT2D eigenvalue weighted by molar-refractivity contribution is -0.126. The number of carbonyl (C=O) groups is 1. The first-order valence-corrected chi connectivity index (χ1v) is 19.1. The topological polar surface area (TPSA) is 92.3 Å². The zero-order valence-electron chi connectivity index (χ0n) is 28.8. The van der Waals surface area contributed by atoms with Crippen molar-refractivity contribution < 1.29 is 22.7 Å². The second kappa shape index (κ2) is 13.9. The summed E-state index contributed by atoms with van der Waals surface area (Å²) in [6, 6.07) is 21.5. The van der Waals surface area contributed by atoms with Crippen LogP contribution in [-0.2, 0) is 34.5 Å². The smallest absolute Gasteiger partial charge is 0.243 e. The van der Waals surface area contributed by atoms with Gasteiger partial charge in [-0.1, -0.05) is 48.9 Å². The van der Waals surface area contributed by atoms with E-state index in [1.807, 2.05) is 73.8 Å². The predicted molar refractivity (Wildman–Crippen MR) is 197 cm³/mol. The van der Waals surface area contributed by atoms with Crippen LogP contribution in [0.25, 0.3) is 11.1 Å². The van der Waals surface area contributed by atoms with E-state index in [0.717, 1.165) is 70.7 Å². The number of ketones is 1. The van der Waals surface area contributed by atoms with Gasteiger partial charge in [-0.25, -0.2) is 13.4 Å². The molecule has 3 aliphatic rings.